The average Bonchev–Trinajstić information content (AvgIpc) is 2.29. The van der Waals surface area contributed by atoms with E-state index in [1.807, 2.05) is 11.0 Å². The molecule has 96 valence electrons. The first kappa shape index (κ1) is 12.6. The van der Waals surface area contributed by atoms with Gasteiger partial charge in [0.2, 0.25) is 5.91 Å². The van der Waals surface area contributed by atoms with Crippen LogP contribution in [0.4, 0.5) is 0 Å². The van der Waals surface area contributed by atoms with Gasteiger partial charge in [0.05, 0.1) is 5.41 Å². The van der Waals surface area contributed by atoms with Crippen molar-refractivity contribution in [1.82, 2.24) is 9.80 Å². The number of piperazine rings is 1. The summed E-state index contributed by atoms with van der Waals surface area (Å²) in [6.45, 7) is 8.78. The van der Waals surface area contributed by atoms with Crippen LogP contribution in [-0.2, 0) is 4.79 Å². The van der Waals surface area contributed by atoms with Crippen LogP contribution in [0.1, 0.15) is 19.3 Å². The summed E-state index contributed by atoms with van der Waals surface area (Å²) in [5.41, 5.74) is 5.57. The zero-order valence-corrected chi connectivity index (χ0v) is 10.5. The molecule has 2 fully saturated rings. The molecule has 2 N–H and O–H groups in total. The van der Waals surface area contributed by atoms with E-state index in [4.69, 9.17) is 5.73 Å². The maximum Gasteiger partial charge on any atom is 0.230 e. The maximum absolute atomic E-state index is 12.4. The molecular weight excluding hydrogens is 214 g/mol. The van der Waals surface area contributed by atoms with Crippen LogP contribution >= 0.6 is 0 Å². The van der Waals surface area contributed by atoms with E-state index in [9.17, 15) is 4.79 Å². The number of rotatable bonds is 4. The van der Waals surface area contributed by atoms with Gasteiger partial charge in [0, 0.05) is 39.3 Å². The van der Waals surface area contributed by atoms with E-state index in [1.54, 1.807) is 0 Å². The van der Waals surface area contributed by atoms with E-state index in [-0.39, 0.29) is 5.41 Å². The molecule has 0 aromatic rings. The minimum atomic E-state index is -0.208. The second kappa shape index (κ2) is 5.19. The fraction of sp³-hybridized carbons (Fsp3) is 0.769. The van der Waals surface area contributed by atoms with Crippen molar-refractivity contribution in [3.05, 3.63) is 12.7 Å². The predicted molar refractivity (Wildman–Crippen MR) is 68.6 cm³/mol. The molecule has 4 heteroatoms. The van der Waals surface area contributed by atoms with Gasteiger partial charge in [0.25, 0.3) is 0 Å². The fourth-order valence-electron chi connectivity index (χ4n) is 2.76. The highest BCUT2D eigenvalue weighted by molar-refractivity contribution is 5.84. The topological polar surface area (TPSA) is 49.6 Å². The second-order valence-electron chi connectivity index (χ2n) is 5.22. The molecule has 1 aliphatic carbocycles. The Labute approximate surface area is 103 Å². The highest BCUT2D eigenvalue weighted by Crippen LogP contribution is 2.41. The first-order chi connectivity index (χ1) is 8.22. The Morgan fingerprint density at radius 3 is 2.35 bits per heavy atom. The van der Waals surface area contributed by atoms with Crippen molar-refractivity contribution in [3.63, 3.8) is 0 Å². The van der Waals surface area contributed by atoms with Gasteiger partial charge in [-0.3, -0.25) is 9.69 Å². The van der Waals surface area contributed by atoms with Crippen LogP contribution in [0.25, 0.3) is 0 Å². The number of nitrogens with zero attached hydrogens (tertiary/aromatic N) is 2. The number of carbonyl (C=O) groups excluding carboxylic acids is 1. The third-order valence-electron chi connectivity index (χ3n) is 4.20. The molecule has 0 unspecified atom stereocenters. The fourth-order valence-corrected chi connectivity index (χ4v) is 2.76. The zero-order chi connectivity index (χ0) is 12.3. The molecule has 0 spiro atoms. The van der Waals surface area contributed by atoms with Gasteiger partial charge in [-0.2, -0.15) is 0 Å². The molecule has 4 nitrogen and oxygen atoms in total. The molecule has 0 atom stereocenters. The van der Waals surface area contributed by atoms with Crippen LogP contribution in [0.15, 0.2) is 12.7 Å². The van der Waals surface area contributed by atoms with E-state index < -0.39 is 0 Å². The van der Waals surface area contributed by atoms with E-state index in [2.05, 4.69) is 11.5 Å². The van der Waals surface area contributed by atoms with Gasteiger partial charge in [0.15, 0.2) is 0 Å². The standard InChI is InChI=1S/C13H23N3O/c1-2-6-15-7-9-16(10-8-15)12(17)13(11-14)4-3-5-13/h2H,1,3-11,14H2. The number of nitrogens with two attached hydrogens (primary N) is 1. The van der Waals surface area contributed by atoms with E-state index in [0.717, 1.165) is 52.0 Å². The lowest BCUT2D eigenvalue weighted by atomic mass is 9.67. The van der Waals surface area contributed by atoms with Crippen molar-refractivity contribution in [2.24, 2.45) is 11.1 Å². The molecular formula is C13H23N3O. The minimum absolute atomic E-state index is 0.208. The van der Waals surface area contributed by atoms with Crippen molar-refractivity contribution in [3.8, 4) is 0 Å². The first-order valence-corrected chi connectivity index (χ1v) is 6.54. The molecule has 1 amide bonds. The summed E-state index contributed by atoms with van der Waals surface area (Å²) in [7, 11) is 0. The van der Waals surface area contributed by atoms with Gasteiger partial charge in [-0.15, -0.1) is 6.58 Å². The van der Waals surface area contributed by atoms with Crippen molar-refractivity contribution >= 4 is 5.91 Å². The molecule has 1 aliphatic heterocycles. The van der Waals surface area contributed by atoms with Crippen LogP contribution in [-0.4, -0.2) is 55.0 Å². The third-order valence-corrected chi connectivity index (χ3v) is 4.20. The molecule has 1 saturated heterocycles. The van der Waals surface area contributed by atoms with Gasteiger partial charge in [-0.05, 0) is 12.8 Å². The highest BCUT2D eigenvalue weighted by atomic mass is 16.2. The Morgan fingerprint density at radius 2 is 1.94 bits per heavy atom. The van der Waals surface area contributed by atoms with Gasteiger partial charge in [-0.1, -0.05) is 12.5 Å². The normalized spacial score (nSPS) is 24.2. The van der Waals surface area contributed by atoms with Crippen molar-refractivity contribution in [2.75, 3.05) is 39.3 Å². The summed E-state index contributed by atoms with van der Waals surface area (Å²) in [5.74, 6) is 0.296. The Morgan fingerprint density at radius 1 is 1.29 bits per heavy atom. The number of hydrogen-bond donors (Lipinski definition) is 1. The van der Waals surface area contributed by atoms with Gasteiger partial charge in [0.1, 0.15) is 0 Å². The average molecular weight is 237 g/mol. The van der Waals surface area contributed by atoms with Gasteiger partial charge < -0.3 is 10.6 Å². The summed E-state index contributed by atoms with van der Waals surface area (Å²) in [6, 6.07) is 0. The molecule has 17 heavy (non-hydrogen) atoms. The summed E-state index contributed by atoms with van der Waals surface area (Å²) in [4.78, 5) is 16.7. The summed E-state index contributed by atoms with van der Waals surface area (Å²) in [5, 5.41) is 0. The highest BCUT2D eigenvalue weighted by Gasteiger charge is 2.45. The zero-order valence-electron chi connectivity index (χ0n) is 10.5. The molecule has 1 saturated carbocycles. The van der Waals surface area contributed by atoms with Gasteiger partial charge >= 0.3 is 0 Å². The van der Waals surface area contributed by atoms with Crippen LogP contribution < -0.4 is 5.73 Å². The van der Waals surface area contributed by atoms with E-state index >= 15 is 0 Å². The van der Waals surface area contributed by atoms with E-state index in [0.29, 0.717) is 12.5 Å². The minimum Gasteiger partial charge on any atom is -0.340 e. The van der Waals surface area contributed by atoms with Crippen molar-refractivity contribution in [2.45, 2.75) is 19.3 Å². The van der Waals surface area contributed by atoms with E-state index in [1.165, 1.54) is 0 Å². The summed E-state index contributed by atoms with van der Waals surface area (Å²) >= 11 is 0. The molecule has 0 aromatic heterocycles. The second-order valence-corrected chi connectivity index (χ2v) is 5.22. The summed E-state index contributed by atoms with van der Waals surface area (Å²) in [6.07, 6.45) is 5.04. The molecule has 0 radical (unpaired) electrons. The lowest BCUT2D eigenvalue weighted by Gasteiger charge is -2.45. The first-order valence-electron chi connectivity index (χ1n) is 6.54. The quantitative estimate of drug-likeness (QED) is 0.722. The lowest BCUT2D eigenvalue weighted by molar-refractivity contribution is -0.148. The van der Waals surface area contributed by atoms with Crippen LogP contribution in [0.3, 0.4) is 0 Å². The largest absolute Gasteiger partial charge is 0.340 e. The molecule has 2 aliphatic rings. The lowest BCUT2D eigenvalue weighted by Crippen LogP contribution is -2.57. The molecule has 2 rings (SSSR count). The third kappa shape index (κ3) is 2.38. The van der Waals surface area contributed by atoms with Crippen LogP contribution in [0, 0.1) is 5.41 Å². The molecule has 0 bridgehead atoms. The number of amides is 1. The van der Waals surface area contributed by atoms with Crippen LogP contribution in [0.5, 0.6) is 0 Å². The van der Waals surface area contributed by atoms with Gasteiger partial charge in [-0.25, -0.2) is 0 Å². The summed E-state index contributed by atoms with van der Waals surface area (Å²) < 4.78 is 0. The predicted octanol–water partition coefficient (Wildman–Crippen LogP) is 0.446. The Bertz CT molecular complexity index is 286. The number of carbonyl (C=O) groups is 1. The monoisotopic (exact) mass is 237 g/mol. The van der Waals surface area contributed by atoms with Crippen LogP contribution in [0.2, 0.25) is 0 Å². The Hall–Kier alpha value is -0.870. The number of hydrogen-bond acceptors (Lipinski definition) is 3. The maximum atomic E-state index is 12.4. The van der Waals surface area contributed by atoms with Crippen molar-refractivity contribution < 1.29 is 4.79 Å². The smallest absolute Gasteiger partial charge is 0.230 e. The Kier molecular flexibility index (Phi) is 3.84. The van der Waals surface area contributed by atoms with Crippen molar-refractivity contribution in [1.29, 1.82) is 0 Å². The molecule has 1 heterocycles. The Balaban J connectivity index is 1.88. The SMILES string of the molecule is C=CCN1CCN(C(=O)C2(CN)CCC2)CC1. The molecule has 0 aromatic carbocycles.